The predicted octanol–water partition coefficient (Wildman–Crippen LogP) is 2.96. The van der Waals surface area contributed by atoms with Crippen LogP contribution in [0, 0.1) is 21.7 Å². The molecule has 0 aliphatic rings. The van der Waals surface area contributed by atoms with E-state index in [4.69, 9.17) is 15.9 Å². The Morgan fingerprint density at radius 3 is 1.81 bits per heavy atom. The van der Waals surface area contributed by atoms with Gasteiger partial charge in [-0.1, -0.05) is 0 Å². The van der Waals surface area contributed by atoms with Crippen molar-refractivity contribution in [2.45, 2.75) is 13.8 Å². The van der Waals surface area contributed by atoms with Crippen LogP contribution in [0.4, 0.5) is 20.2 Å². The summed E-state index contributed by atoms with van der Waals surface area (Å²) < 4.78 is 25.8. The number of carbonyl (C=O) groups is 2. The summed E-state index contributed by atoms with van der Waals surface area (Å²) in [6, 6.07) is 3.21. The Kier molecular flexibility index (Phi) is 6.31. The molecule has 0 unspecified atom stereocenters. The minimum atomic E-state index is -0.972. The molecule has 0 radical (unpaired) electrons. The number of Topliss-reactive ketones (excluding diaryl/α,β-unsaturated/α-hetero) is 2. The van der Waals surface area contributed by atoms with Crippen molar-refractivity contribution in [2.24, 2.45) is 0 Å². The minimum Gasteiger partial charge on any atom is -0.506 e. The molecule has 0 heterocycles. The number of anilines is 1. The van der Waals surface area contributed by atoms with Gasteiger partial charge in [-0.2, -0.15) is 0 Å². The van der Waals surface area contributed by atoms with Gasteiger partial charge in [0.2, 0.25) is 0 Å². The van der Waals surface area contributed by atoms with Crippen molar-refractivity contribution >= 4 is 22.9 Å². The van der Waals surface area contributed by atoms with E-state index in [2.05, 4.69) is 0 Å². The first-order valence-corrected chi connectivity index (χ1v) is 6.92. The lowest BCUT2D eigenvalue weighted by Gasteiger charge is -2.02. The first-order chi connectivity index (χ1) is 12.0. The fourth-order valence-electron chi connectivity index (χ4n) is 1.82. The van der Waals surface area contributed by atoms with Gasteiger partial charge in [-0.15, -0.1) is 0 Å². The average Bonchev–Trinajstić information content (AvgIpc) is 2.50. The summed E-state index contributed by atoms with van der Waals surface area (Å²) in [5.74, 6) is -3.92. The van der Waals surface area contributed by atoms with Crippen LogP contribution in [0.1, 0.15) is 34.6 Å². The van der Waals surface area contributed by atoms with Gasteiger partial charge in [0, 0.05) is 18.2 Å². The molecule has 0 saturated heterocycles. The highest BCUT2D eigenvalue weighted by molar-refractivity contribution is 5.96. The Labute approximate surface area is 145 Å². The van der Waals surface area contributed by atoms with Crippen LogP contribution in [0.3, 0.4) is 0 Å². The maximum atomic E-state index is 12.9. The van der Waals surface area contributed by atoms with Crippen LogP contribution in [0.25, 0.3) is 0 Å². The van der Waals surface area contributed by atoms with Crippen LogP contribution in [-0.2, 0) is 0 Å². The molecule has 26 heavy (non-hydrogen) atoms. The molecule has 2 aromatic rings. The SMILES string of the molecule is CC(=O)c1cc(N)c(O)cc1F.CC(=O)c1cc([N+](=O)[O-])c(O)cc1F. The van der Waals surface area contributed by atoms with E-state index in [1.165, 1.54) is 6.92 Å². The average molecular weight is 368 g/mol. The van der Waals surface area contributed by atoms with Gasteiger partial charge in [0.05, 0.1) is 21.7 Å². The number of nitrogens with two attached hydrogens (primary N) is 1. The van der Waals surface area contributed by atoms with Crippen molar-refractivity contribution in [3.63, 3.8) is 0 Å². The summed E-state index contributed by atoms with van der Waals surface area (Å²) in [5.41, 5.74) is 4.06. The second-order valence-corrected chi connectivity index (χ2v) is 5.08. The molecule has 0 atom stereocenters. The molecule has 138 valence electrons. The second-order valence-electron chi connectivity index (χ2n) is 5.08. The molecule has 0 aliphatic heterocycles. The number of carbonyl (C=O) groups excluding carboxylic acids is 2. The van der Waals surface area contributed by atoms with E-state index in [0.717, 1.165) is 19.1 Å². The third kappa shape index (κ3) is 4.72. The summed E-state index contributed by atoms with van der Waals surface area (Å²) in [5, 5.41) is 28.2. The summed E-state index contributed by atoms with van der Waals surface area (Å²) >= 11 is 0. The Hall–Kier alpha value is -3.56. The lowest BCUT2D eigenvalue weighted by Crippen LogP contribution is -1.99. The van der Waals surface area contributed by atoms with Crippen molar-refractivity contribution in [2.75, 3.05) is 5.73 Å². The molecular formula is C16H14F2N2O6. The van der Waals surface area contributed by atoms with Crippen LogP contribution in [0.5, 0.6) is 11.5 Å². The van der Waals surface area contributed by atoms with Crippen LogP contribution in [-0.4, -0.2) is 26.7 Å². The standard InChI is InChI=1S/C8H6FNO4.C8H8FNO2/c1-4(11)5-2-7(10(13)14)8(12)3-6(5)9;1-4(11)5-2-7(10)8(12)3-6(5)9/h2-3,12H,1H3;2-3,12H,10H2,1H3. The zero-order valence-electron chi connectivity index (χ0n) is 13.6. The number of aromatic hydroxyl groups is 2. The number of benzene rings is 2. The van der Waals surface area contributed by atoms with Crippen molar-refractivity contribution in [1.29, 1.82) is 0 Å². The molecule has 0 fully saturated rings. The first-order valence-electron chi connectivity index (χ1n) is 6.92. The van der Waals surface area contributed by atoms with Crippen LogP contribution in [0.15, 0.2) is 24.3 Å². The number of phenolic OH excluding ortho intramolecular Hbond substituents is 2. The molecule has 10 heteroatoms. The topological polar surface area (TPSA) is 144 Å². The first kappa shape index (κ1) is 20.5. The third-order valence-corrected chi connectivity index (χ3v) is 3.14. The molecule has 2 rings (SSSR count). The minimum absolute atomic E-state index is 0.00148. The Bertz CT molecular complexity index is 864. The maximum Gasteiger partial charge on any atom is 0.311 e. The Morgan fingerprint density at radius 2 is 1.38 bits per heavy atom. The fraction of sp³-hybridized carbons (Fsp3) is 0.125. The molecular weight excluding hydrogens is 354 g/mol. The number of phenols is 2. The summed E-state index contributed by atoms with van der Waals surface area (Å²) in [7, 11) is 0. The van der Waals surface area contributed by atoms with E-state index in [1.807, 2.05) is 0 Å². The molecule has 0 saturated carbocycles. The fourth-order valence-corrected chi connectivity index (χ4v) is 1.82. The van der Waals surface area contributed by atoms with E-state index in [1.54, 1.807) is 0 Å². The van der Waals surface area contributed by atoms with Gasteiger partial charge in [0.15, 0.2) is 17.3 Å². The molecule has 0 spiro atoms. The number of nitro benzene ring substituents is 1. The van der Waals surface area contributed by atoms with E-state index in [0.29, 0.717) is 12.1 Å². The van der Waals surface area contributed by atoms with E-state index >= 15 is 0 Å². The number of hydrogen-bond donors (Lipinski definition) is 3. The molecule has 8 nitrogen and oxygen atoms in total. The van der Waals surface area contributed by atoms with Crippen LogP contribution >= 0.6 is 0 Å². The van der Waals surface area contributed by atoms with Crippen LogP contribution < -0.4 is 5.73 Å². The monoisotopic (exact) mass is 368 g/mol. The Balaban J connectivity index is 0.000000263. The van der Waals surface area contributed by atoms with Gasteiger partial charge in [0.25, 0.3) is 0 Å². The number of hydrogen-bond acceptors (Lipinski definition) is 7. The van der Waals surface area contributed by atoms with E-state index in [9.17, 15) is 28.5 Å². The van der Waals surface area contributed by atoms with Crippen molar-refractivity contribution in [3.8, 4) is 11.5 Å². The predicted molar refractivity (Wildman–Crippen MR) is 87.2 cm³/mol. The number of ketones is 2. The summed E-state index contributed by atoms with van der Waals surface area (Å²) in [4.78, 5) is 31.0. The van der Waals surface area contributed by atoms with Crippen molar-refractivity contribution in [3.05, 3.63) is 57.1 Å². The number of nitrogen functional groups attached to an aromatic ring is 1. The second kappa shape index (κ2) is 8.01. The van der Waals surface area contributed by atoms with Gasteiger partial charge in [-0.25, -0.2) is 8.78 Å². The van der Waals surface area contributed by atoms with Crippen molar-refractivity contribution < 1.29 is 33.5 Å². The number of halogens is 2. The highest BCUT2D eigenvalue weighted by atomic mass is 19.1. The number of rotatable bonds is 3. The highest BCUT2D eigenvalue weighted by Crippen LogP contribution is 2.28. The zero-order valence-corrected chi connectivity index (χ0v) is 13.6. The van der Waals surface area contributed by atoms with Gasteiger partial charge in [-0.05, 0) is 19.9 Å². The lowest BCUT2D eigenvalue weighted by atomic mass is 10.1. The lowest BCUT2D eigenvalue weighted by molar-refractivity contribution is -0.385. The van der Waals surface area contributed by atoms with Gasteiger partial charge in [-0.3, -0.25) is 19.7 Å². The van der Waals surface area contributed by atoms with Crippen molar-refractivity contribution in [1.82, 2.24) is 0 Å². The Morgan fingerprint density at radius 1 is 0.962 bits per heavy atom. The third-order valence-electron chi connectivity index (χ3n) is 3.14. The number of nitro groups is 1. The molecule has 0 amide bonds. The molecule has 0 aromatic heterocycles. The summed E-state index contributed by atoms with van der Waals surface area (Å²) in [6.07, 6.45) is 0. The quantitative estimate of drug-likeness (QED) is 0.248. The smallest absolute Gasteiger partial charge is 0.311 e. The normalized spacial score (nSPS) is 9.85. The molecule has 0 bridgehead atoms. The van der Waals surface area contributed by atoms with Gasteiger partial charge >= 0.3 is 5.69 Å². The van der Waals surface area contributed by atoms with E-state index < -0.39 is 45.1 Å². The zero-order chi connectivity index (χ0) is 20.2. The van der Waals surface area contributed by atoms with Gasteiger partial charge in [0.1, 0.15) is 17.4 Å². The molecule has 0 aliphatic carbocycles. The number of nitrogens with zero attached hydrogens (tertiary/aromatic N) is 1. The summed E-state index contributed by atoms with van der Waals surface area (Å²) in [6.45, 7) is 2.31. The van der Waals surface area contributed by atoms with Crippen LogP contribution in [0.2, 0.25) is 0 Å². The molecule has 4 N–H and O–H groups in total. The largest absolute Gasteiger partial charge is 0.506 e. The maximum absolute atomic E-state index is 12.9. The van der Waals surface area contributed by atoms with Gasteiger partial charge < -0.3 is 15.9 Å². The highest BCUT2D eigenvalue weighted by Gasteiger charge is 2.19. The van der Waals surface area contributed by atoms with E-state index in [-0.39, 0.29) is 17.0 Å². The molecule has 2 aromatic carbocycles.